The van der Waals surface area contributed by atoms with Crippen molar-refractivity contribution in [3.8, 4) is 11.3 Å². The zero-order valence-corrected chi connectivity index (χ0v) is 23.2. The Morgan fingerprint density at radius 3 is 2.75 bits per heavy atom. The van der Waals surface area contributed by atoms with Gasteiger partial charge < -0.3 is 15.4 Å². The van der Waals surface area contributed by atoms with Crippen LogP contribution in [0.25, 0.3) is 11.3 Å². The van der Waals surface area contributed by atoms with Crippen LogP contribution in [-0.2, 0) is 16.7 Å². The molecule has 40 heavy (non-hydrogen) atoms. The smallest absolute Gasteiger partial charge is 0.273 e. The van der Waals surface area contributed by atoms with Crippen LogP contribution < -0.4 is 10.6 Å². The maximum atomic E-state index is 13.3. The van der Waals surface area contributed by atoms with E-state index in [2.05, 4.69) is 59.2 Å². The van der Waals surface area contributed by atoms with Crippen LogP contribution in [0.1, 0.15) is 54.1 Å². The van der Waals surface area contributed by atoms with Crippen molar-refractivity contribution in [2.75, 3.05) is 31.6 Å². The number of nitrogens with one attached hydrogen (secondary N) is 3. The van der Waals surface area contributed by atoms with Crippen LogP contribution in [0, 0.1) is 6.92 Å². The highest BCUT2D eigenvalue weighted by Gasteiger charge is 2.33. The zero-order chi connectivity index (χ0) is 27.9. The van der Waals surface area contributed by atoms with Gasteiger partial charge in [-0.2, -0.15) is 5.10 Å². The van der Waals surface area contributed by atoms with E-state index in [1.807, 2.05) is 33.8 Å². The van der Waals surface area contributed by atoms with Gasteiger partial charge in [0.2, 0.25) is 5.95 Å². The molecule has 4 aromatic rings. The number of rotatable bonds is 6. The van der Waals surface area contributed by atoms with E-state index >= 15 is 0 Å². The number of carbonyl (C=O) groups excluding carboxylic acids is 1. The summed E-state index contributed by atoms with van der Waals surface area (Å²) in [6.45, 7) is 11.0. The first-order valence-corrected chi connectivity index (χ1v) is 13.5. The third-order valence-corrected chi connectivity index (χ3v) is 7.49. The summed E-state index contributed by atoms with van der Waals surface area (Å²) in [5.41, 5.74) is 5.89. The Kier molecular flexibility index (Phi) is 6.80. The Balaban J connectivity index is 1.27. The lowest BCUT2D eigenvalue weighted by Gasteiger charge is -2.38. The average molecular weight is 543 g/mol. The van der Waals surface area contributed by atoms with Crippen LogP contribution in [0.15, 0.2) is 42.9 Å². The van der Waals surface area contributed by atoms with Crippen molar-refractivity contribution in [1.82, 2.24) is 45.4 Å². The molecule has 1 saturated heterocycles. The van der Waals surface area contributed by atoms with Crippen LogP contribution in [-0.4, -0.2) is 78.3 Å². The van der Waals surface area contributed by atoms with E-state index in [4.69, 9.17) is 9.72 Å². The molecule has 3 N–H and O–H groups in total. The van der Waals surface area contributed by atoms with Gasteiger partial charge in [0.1, 0.15) is 0 Å². The number of ether oxygens (including phenoxy) is 1. The number of fused-ring (bicyclic) bond motifs is 1. The maximum Gasteiger partial charge on any atom is 0.273 e. The third-order valence-electron chi connectivity index (χ3n) is 7.49. The van der Waals surface area contributed by atoms with Gasteiger partial charge in [-0.05, 0) is 57.4 Å². The van der Waals surface area contributed by atoms with E-state index in [9.17, 15) is 4.79 Å². The Labute approximate surface area is 232 Å². The van der Waals surface area contributed by atoms with Crippen molar-refractivity contribution in [2.24, 2.45) is 0 Å². The molecule has 0 bridgehead atoms. The number of benzene rings is 1. The Hall–Kier alpha value is -4.16. The van der Waals surface area contributed by atoms with Crippen LogP contribution in [0.3, 0.4) is 0 Å². The molecular weight excluding hydrogens is 508 g/mol. The van der Waals surface area contributed by atoms with Gasteiger partial charge in [0.15, 0.2) is 5.69 Å². The predicted octanol–water partition coefficient (Wildman–Crippen LogP) is 2.99. The first kappa shape index (κ1) is 26.1. The lowest BCUT2D eigenvalue weighted by atomic mass is 9.96. The molecule has 1 fully saturated rings. The highest BCUT2D eigenvalue weighted by atomic mass is 16.5. The summed E-state index contributed by atoms with van der Waals surface area (Å²) in [6.07, 6.45) is 6.03. The summed E-state index contributed by atoms with van der Waals surface area (Å²) >= 11 is 0. The van der Waals surface area contributed by atoms with Gasteiger partial charge in [-0.15, -0.1) is 5.10 Å². The summed E-state index contributed by atoms with van der Waals surface area (Å²) in [4.78, 5) is 24.9. The van der Waals surface area contributed by atoms with Gasteiger partial charge in [0.25, 0.3) is 5.91 Å². The van der Waals surface area contributed by atoms with E-state index in [-0.39, 0.29) is 17.5 Å². The molecule has 2 aliphatic heterocycles. The number of aryl methyl sites for hydroxylation is 1. The molecule has 3 aromatic heterocycles. The van der Waals surface area contributed by atoms with E-state index < -0.39 is 0 Å². The summed E-state index contributed by atoms with van der Waals surface area (Å²) in [7, 11) is 0. The number of carbonyl (C=O) groups is 1. The second-order valence-corrected chi connectivity index (χ2v) is 11.4. The van der Waals surface area contributed by atoms with Gasteiger partial charge >= 0.3 is 0 Å². The Morgan fingerprint density at radius 1 is 1.20 bits per heavy atom. The molecule has 0 aliphatic carbocycles. The van der Waals surface area contributed by atoms with Crippen molar-refractivity contribution < 1.29 is 9.53 Å². The number of amides is 1. The van der Waals surface area contributed by atoms with Crippen molar-refractivity contribution in [2.45, 2.75) is 51.7 Å². The van der Waals surface area contributed by atoms with Crippen LogP contribution in [0.2, 0.25) is 0 Å². The van der Waals surface area contributed by atoms with Crippen LogP contribution in [0.5, 0.6) is 0 Å². The molecule has 5 heterocycles. The number of anilines is 2. The van der Waals surface area contributed by atoms with Gasteiger partial charge in [-0.1, -0.05) is 17.3 Å². The minimum absolute atomic E-state index is 0.203. The minimum atomic E-state index is -0.258. The van der Waals surface area contributed by atoms with Crippen molar-refractivity contribution in [3.05, 3.63) is 65.4 Å². The molecule has 1 atom stereocenters. The summed E-state index contributed by atoms with van der Waals surface area (Å²) in [5, 5.41) is 21.7. The molecule has 0 radical (unpaired) electrons. The lowest BCUT2D eigenvalue weighted by molar-refractivity contribution is -0.0658. The fourth-order valence-electron chi connectivity index (χ4n) is 5.00. The quantitative estimate of drug-likeness (QED) is 0.336. The summed E-state index contributed by atoms with van der Waals surface area (Å²) in [5.74, 6) is 0.268. The summed E-state index contributed by atoms with van der Waals surface area (Å²) < 4.78 is 7.20. The topological polar surface area (TPSA) is 139 Å². The monoisotopic (exact) mass is 542 g/mol. The van der Waals surface area contributed by atoms with E-state index in [0.717, 1.165) is 54.4 Å². The zero-order valence-electron chi connectivity index (χ0n) is 23.2. The molecule has 6 rings (SSSR count). The fourth-order valence-corrected chi connectivity index (χ4v) is 5.00. The van der Waals surface area contributed by atoms with Crippen LogP contribution >= 0.6 is 0 Å². The number of hydrogen-bond donors (Lipinski definition) is 3. The van der Waals surface area contributed by atoms with E-state index in [0.29, 0.717) is 24.2 Å². The Bertz CT molecular complexity index is 1520. The predicted molar refractivity (Wildman–Crippen MR) is 149 cm³/mol. The highest BCUT2D eigenvalue weighted by molar-refractivity contribution is 5.92. The lowest BCUT2D eigenvalue weighted by Crippen LogP contribution is -2.51. The number of hydrogen-bond acceptors (Lipinski definition) is 9. The molecule has 0 saturated carbocycles. The fraction of sp³-hybridized carbons (Fsp3) is 0.429. The molecule has 12 heteroatoms. The molecule has 208 valence electrons. The highest BCUT2D eigenvalue weighted by Crippen LogP contribution is 2.31. The number of aromatic amines is 1. The number of H-pyrrole nitrogens is 1. The first-order chi connectivity index (χ1) is 19.2. The maximum absolute atomic E-state index is 13.3. The number of nitrogens with zero attached hydrogens (tertiary/aromatic N) is 7. The van der Waals surface area contributed by atoms with Gasteiger partial charge in [0, 0.05) is 24.8 Å². The molecule has 12 nitrogen and oxygen atoms in total. The molecule has 0 spiro atoms. The van der Waals surface area contributed by atoms with E-state index in [1.54, 1.807) is 23.3 Å². The minimum Gasteiger partial charge on any atom is -0.378 e. The van der Waals surface area contributed by atoms with Crippen molar-refractivity contribution in [1.29, 1.82) is 0 Å². The molecule has 2 aliphatic rings. The van der Waals surface area contributed by atoms with Crippen molar-refractivity contribution >= 4 is 17.5 Å². The number of aromatic nitrogens is 7. The Morgan fingerprint density at radius 2 is 2.05 bits per heavy atom. The van der Waals surface area contributed by atoms with Crippen molar-refractivity contribution in [3.63, 3.8) is 0 Å². The van der Waals surface area contributed by atoms with E-state index in [1.165, 1.54) is 5.56 Å². The normalized spacial score (nSPS) is 18.1. The molecule has 0 unspecified atom stereocenters. The third kappa shape index (κ3) is 5.32. The van der Waals surface area contributed by atoms with Gasteiger partial charge in [-0.25, -0.2) is 14.6 Å². The SMILES string of the molecule is Cc1[nH]ncc1Nc1nccc(-c2ccc3c(c2)CCN(C2COC2)C[C@@H]3NC(=O)c2cn(C(C)(C)C)nn2)n1. The molecule has 1 amide bonds. The second-order valence-electron chi connectivity index (χ2n) is 11.4. The van der Waals surface area contributed by atoms with Crippen LogP contribution in [0.4, 0.5) is 11.6 Å². The largest absolute Gasteiger partial charge is 0.378 e. The molecule has 1 aromatic carbocycles. The van der Waals surface area contributed by atoms with Gasteiger partial charge in [-0.3, -0.25) is 14.8 Å². The standard InChI is InChI=1S/C28H34N10O2/c1-17-23(12-30-34-17)33-27-29-9-7-22(32-27)19-5-6-21-18(11-19)8-10-37(20-15-40-16-20)13-24(21)31-26(39)25-14-38(36-35-25)28(2,3)4/h5-7,9,11-12,14,20,24H,8,10,13,15-16H2,1-4H3,(H,30,34)(H,31,39)(H,29,32,33)/t24-/m0/s1. The molecular formula is C28H34N10O2. The second kappa shape index (κ2) is 10.4. The summed E-state index contributed by atoms with van der Waals surface area (Å²) in [6, 6.07) is 8.41. The van der Waals surface area contributed by atoms with Gasteiger partial charge in [0.05, 0.1) is 60.3 Å². The first-order valence-electron chi connectivity index (χ1n) is 13.5. The average Bonchev–Trinajstić information content (AvgIpc) is 3.52.